The zero-order valence-electron chi connectivity index (χ0n) is 14.6. The minimum atomic E-state index is -0.391. The van der Waals surface area contributed by atoms with Crippen molar-refractivity contribution < 1.29 is 9.59 Å². The molecule has 0 saturated carbocycles. The molecule has 1 saturated heterocycles. The van der Waals surface area contributed by atoms with Gasteiger partial charge in [-0.15, -0.1) is 11.3 Å². The fraction of sp³-hybridized carbons (Fsp3) is 0.400. The van der Waals surface area contributed by atoms with Gasteiger partial charge in [0.1, 0.15) is 0 Å². The van der Waals surface area contributed by atoms with Gasteiger partial charge in [0.15, 0.2) is 0 Å². The van der Waals surface area contributed by atoms with Crippen LogP contribution < -0.4 is 10.6 Å². The lowest BCUT2D eigenvalue weighted by molar-refractivity contribution is -0.125. The minimum Gasteiger partial charge on any atom is -0.354 e. The number of amides is 2. The molecule has 26 heavy (non-hydrogen) atoms. The van der Waals surface area contributed by atoms with Gasteiger partial charge in [0, 0.05) is 23.5 Å². The molecule has 2 atom stereocenters. The summed E-state index contributed by atoms with van der Waals surface area (Å²) in [6.45, 7) is 2.75. The third kappa shape index (κ3) is 3.52. The number of hydrogen-bond donors (Lipinski definition) is 2. The predicted octanol–water partition coefficient (Wildman–Crippen LogP) is 3.13. The number of nitrogens with one attached hydrogen (secondary N) is 2. The summed E-state index contributed by atoms with van der Waals surface area (Å²) in [6.07, 6.45) is 2.63. The van der Waals surface area contributed by atoms with Crippen LogP contribution in [0, 0.1) is 0 Å². The molecule has 2 aromatic rings. The molecule has 0 spiro atoms. The van der Waals surface area contributed by atoms with Crippen molar-refractivity contribution in [1.29, 1.82) is 0 Å². The van der Waals surface area contributed by atoms with Gasteiger partial charge in [0.25, 0.3) is 0 Å². The number of anilines is 1. The molecule has 0 aliphatic carbocycles. The Morgan fingerprint density at radius 2 is 2.04 bits per heavy atom. The van der Waals surface area contributed by atoms with Gasteiger partial charge in [-0.05, 0) is 49.0 Å². The molecular weight excluding hydrogens is 346 g/mol. The minimum absolute atomic E-state index is 0.0670. The number of hydrogen-bond acceptors (Lipinski definition) is 4. The lowest BCUT2D eigenvalue weighted by Gasteiger charge is -2.27. The first kappa shape index (κ1) is 17.2. The van der Waals surface area contributed by atoms with Gasteiger partial charge in [0.05, 0.1) is 12.0 Å². The average molecular weight is 369 g/mol. The maximum Gasteiger partial charge on any atom is 0.232 e. The summed E-state index contributed by atoms with van der Waals surface area (Å²) < 4.78 is 0. The van der Waals surface area contributed by atoms with E-state index in [0.29, 0.717) is 6.54 Å². The Morgan fingerprint density at radius 1 is 1.23 bits per heavy atom. The number of carbonyl (C=O) groups excluding carboxylic acids is 2. The van der Waals surface area contributed by atoms with Crippen molar-refractivity contribution in [3.05, 3.63) is 52.2 Å². The topological polar surface area (TPSA) is 61.4 Å². The summed E-state index contributed by atoms with van der Waals surface area (Å²) in [7, 11) is 0. The van der Waals surface area contributed by atoms with Crippen LogP contribution in [0.3, 0.4) is 0 Å². The highest BCUT2D eigenvalue weighted by atomic mass is 32.1. The highest BCUT2D eigenvalue weighted by Gasteiger charge is 2.32. The highest BCUT2D eigenvalue weighted by molar-refractivity contribution is 7.10. The van der Waals surface area contributed by atoms with Gasteiger partial charge >= 0.3 is 0 Å². The smallest absolute Gasteiger partial charge is 0.232 e. The van der Waals surface area contributed by atoms with Crippen LogP contribution in [0.4, 0.5) is 5.69 Å². The molecule has 2 amide bonds. The Hall–Kier alpha value is -2.18. The number of thiophene rings is 1. The molecule has 5 nitrogen and oxygen atoms in total. The summed E-state index contributed by atoms with van der Waals surface area (Å²) >= 11 is 1.74. The summed E-state index contributed by atoms with van der Waals surface area (Å²) in [5.74, 6) is -0.545. The lowest BCUT2D eigenvalue weighted by atomic mass is 9.97. The summed E-state index contributed by atoms with van der Waals surface area (Å²) in [5.41, 5.74) is 1.74. The van der Waals surface area contributed by atoms with Crippen LogP contribution in [-0.2, 0) is 9.59 Å². The Kier molecular flexibility index (Phi) is 5.04. The van der Waals surface area contributed by atoms with E-state index in [1.807, 2.05) is 24.3 Å². The van der Waals surface area contributed by atoms with Crippen molar-refractivity contribution in [2.75, 3.05) is 25.0 Å². The molecular formula is C20H23N3O2S. The van der Waals surface area contributed by atoms with E-state index in [4.69, 9.17) is 0 Å². The molecule has 1 fully saturated rings. The zero-order chi connectivity index (χ0) is 17.9. The van der Waals surface area contributed by atoms with Crippen molar-refractivity contribution in [3.8, 4) is 0 Å². The van der Waals surface area contributed by atoms with E-state index in [1.54, 1.807) is 11.3 Å². The number of rotatable bonds is 6. The lowest BCUT2D eigenvalue weighted by Crippen LogP contribution is -2.37. The van der Waals surface area contributed by atoms with E-state index in [1.165, 1.54) is 17.7 Å². The maximum atomic E-state index is 12.5. The molecule has 0 radical (unpaired) electrons. The first-order valence-corrected chi connectivity index (χ1v) is 10.0. The second-order valence-electron chi connectivity index (χ2n) is 6.91. The molecule has 0 bridgehead atoms. The quantitative estimate of drug-likeness (QED) is 0.822. The fourth-order valence-corrected chi connectivity index (χ4v) is 4.75. The van der Waals surface area contributed by atoms with Crippen LogP contribution in [0.15, 0.2) is 41.8 Å². The fourth-order valence-electron chi connectivity index (χ4n) is 3.89. The number of carbonyl (C=O) groups is 2. The van der Waals surface area contributed by atoms with Gasteiger partial charge in [-0.25, -0.2) is 0 Å². The third-order valence-corrected chi connectivity index (χ3v) is 6.22. The van der Waals surface area contributed by atoms with Crippen LogP contribution in [-0.4, -0.2) is 36.3 Å². The van der Waals surface area contributed by atoms with Gasteiger partial charge in [0.2, 0.25) is 11.8 Å². The molecule has 2 N–H and O–H groups in total. The Morgan fingerprint density at radius 3 is 2.81 bits per heavy atom. The van der Waals surface area contributed by atoms with Crippen LogP contribution >= 0.6 is 11.3 Å². The van der Waals surface area contributed by atoms with Gasteiger partial charge in [-0.3, -0.25) is 14.5 Å². The van der Waals surface area contributed by atoms with Crippen LogP contribution in [0.2, 0.25) is 0 Å². The second kappa shape index (κ2) is 7.60. The largest absolute Gasteiger partial charge is 0.354 e. The standard InChI is InChI=1S/C20H23N3O2S/c24-19(12-15-14-6-1-2-7-16(14)22-20(15)25)21-13-17(18-8-5-11-26-18)23-9-3-4-10-23/h1-2,5-8,11,15,17H,3-4,9-10,12-13H2,(H,21,24)(H,22,25). The second-order valence-corrected chi connectivity index (χ2v) is 7.89. The monoisotopic (exact) mass is 369 g/mol. The first-order valence-electron chi connectivity index (χ1n) is 9.16. The SMILES string of the molecule is O=C(CC1C(=O)Nc2ccccc21)NCC(c1cccs1)N1CCCC1. The van der Waals surface area contributed by atoms with Crippen LogP contribution in [0.1, 0.15) is 41.7 Å². The molecule has 2 aliphatic heterocycles. The van der Waals surface area contributed by atoms with E-state index < -0.39 is 5.92 Å². The van der Waals surface area contributed by atoms with E-state index in [-0.39, 0.29) is 24.3 Å². The van der Waals surface area contributed by atoms with Crippen molar-refractivity contribution in [2.45, 2.75) is 31.2 Å². The summed E-state index contributed by atoms with van der Waals surface area (Å²) in [4.78, 5) is 28.5. The molecule has 136 valence electrons. The Labute approximate surface area is 157 Å². The van der Waals surface area contributed by atoms with E-state index in [9.17, 15) is 9.59 Å². The normalized spacial score (nSPS) is 20.6. The van der Waals surface area contributed by atoms with E-state index in [0.717, 1.165) is 24.3 Å². The Balaban J connectivity index is 1.39. The van der Waals surface area contributed by atoms with Crippen LogP contribution in [0.5, 0.6) is 0 Å². The molecule has 4 rings (SSSR count). The molecule has 6 heteroatoms. The third-order valence-electron chi connectivity index (χ3n) is 5.25. The number of para-hydroxylation sites is 1. The van der Waals surface area contributed by atoms with Gasteiger partial charge in [-0.1, -0.05) is 24.3 Å². The van der Waals surface area contributed by atoms with Crippen molar-refractivity contribution in [3.63, 3.8) is 0 Å². The summed E-state index contributed by atoms with van der Waals surface area (Å²) in [5, 5.41) is 8.01. The van der Waals surface area contributed by atoms with Crippen LogP contribution in [0.25, 0.3) is 0 Å². The highest BCUT2D eigenvalue weighted by Crippen LogP contribution is 2.34. The molecule has 2 aliphatic rings. The van der Waals surface area contributed by atoms with Crippen molar-refractivity contribution in [2.24, 2.45) is 0 Å². The summed E-state index contributed by atoms with van der Waals surface area (Å²) in [6, 6.07) is 12.0. The molecule has 2 unspecified atom stereocenters. The number of likely N-dealkylation sites (tertiary alicyclic amines) is 1. The number of nitrogens with zero attached hydrogens (tertiary/aromatic N) is 1. The van der Waals surface area contributed by atoms with E-state index >= 15 is 0 Å². The number of benzene rings is 1. The number of fused-ring (bicyclic) bond motifs is 1. The van der Waals surface area contributed by atoms with E-state index in [2.05, 4.69) is 33.0 Å². The first-order chi connectivity index (χ1) is 12.7. The zero-order valence-corrected chi connectivity index (χ0v) is 15.4. The maximum absolute atomic E-state index is 12.5. The average Bonchev–Trinajstić information content (AvgIpc) is 3.38. The van der Waals surface area contributed by atoms with Crippen molar-refractivity contribution >= 4 is 28.8 Å². The predicted molar refractivity (Wildman–Crippen MR) is 103 cm³/mol. The Bertz CT molecular complexity index is 784. The molecule has 1 aromatic heterocycles. The van der Waals surface area contributed by atoms with Gasteiger partial charge < -0.3 is 10.6 Å². The molecule has 3 heterocycles. The molecule has 1 aromatic carbocycles. The van der Waals surface area contributed by atoms with Gasteiger partial charge in [-0.2, -0.15) is 0 Å². The van der Waals surface area contributed by atoms with Crippen molar-refractivity contribution in [1.82, 2.24) is 10.2 Å².